The summed E-state index contributed by atoms with van der Waals surface area (Å²) < 4.78 is 6.38. The number of hydrogen-bond donors (Lipinski definition) is 7. The number of benzene rings is 2. The number of carboxylic acids is 1. The third-order valence-corrected chi connectivity index (χ3v) is 13.5. The zero-order valence-electron chi connectivity index (χ0n) is 36.9. The number of aromatic nitrogens is 1. The van der Waals surface area contributed by atoms with Crippen molar-refractivity contribution in [2.24, 2.45) is 18.7 Å². The highest BCUT2D eigenvalue weighted by atomic mass is 32.2. The van der Waals surface area contributed by atoms with Crippen LogP contribution in [0.3, 0.4) is 0 Å². The van der Waals surface area contributed by atoms with E-state index in [9.17, 15) is 38.7 Å². The van der Waals surface area contributed by atoms with Gasteiger partial charge in [-0.15, -0.1) is 11.8 Å². The molecule has 6 amide bonds. The lowest BCUT2D eigenvalue weighted by atomic mass is 9.83. The molecular formula is C47H59N8O9S+. The number of thioether (sulfide) groups is 1. The number of carbonyl (C=O) groups excluding carboxylic acids is 6. The van der Waals surface area contributed by atoms with Crippen molar-refractivity contribution in [1.82, 2.24) is 26.2 Å². The minimum atomic E-state index is -1.34. The number of likely N-dealkylation sites (tertiary alicyclic amines) is 1. The van der Waals surface area contributed by atoms with E-state index >= 15 is 0 Å². The van der Waals surface area contributed by atoms with Crippen LogP contribution < -0.4 is 37.3 Å². The molecule has 6 rings (SSSR count). The van der Waals surface area contributed by atoms with E-state index in [2.05, 4.69) is 21.3 Å². The smallest absolute Gasteiger partial charge is 0.313 e. The number of nitrogens with zero attached hydrogens (tertiary/aromatic N) is 2. The van der Waals surface area contributed by atoms with Crippen LogP contribution in [0.1, 0.15) is 80.5 Å². The zero-order chi connectivity index (χ0) is 46.8. The number of nitrogen functional groups attached to an aromatic ring is 1. The molecule has 3 heterocycles. The topological polar surface area (TPSA) is 260 Å². The van der Waals surface area contributed by atoms with Gasteiger partial charge in [0.2, 0.25) is 29.5 Å². The molecule has 0 bridgehead atoms. The fourth-order valence-corrected chi connectivity index (χ4v) is 9.44. The number of anilines is 1. The maximum Gasteiger partial charge on any atom is 0.313 e. The third kappa shape index (κ3) is 12.6. The lowest BCUT2D eigenvalue weighted by Gasteiger charge is -2.37. The first kappa shape index (κ1) is 48.0. The average Bonchev–Trinajstić information content (AvgIpc) is 3.96. The predicted octanol–water partition coefficient (Wildman–Crippen LogP) is 2.53. The molecule has 5 atom stereocenters. The molecule has 9 N–H and O–H groups in total. The van der Waals surface area contributed by atoms with Crippen molar-refractivity contribution in [1.29, 1.82) is 0 Å². The van der Waals surface area contributed by atoms with Crippen molar-refractivity contribution in [3.63, 3.8) is 0 Å². The number of hydrogen-bond acceptors (Lipinski definition) is 10. The van der Waals surface area contributed by atoms with Crippen LogP contribution in [0.4, 0.5) is 5.69 Å². The van der Waals surface area contributed by atoms with Gasteiger partial charge in [0.25, 0.3) is 5.91 Å². The summed E-state index contributed by atoms with van der Waals surface area (Å²) in [5, 5.41) is 21.8. The Morgan fingerprint density at radius 3 is 2.18 bits per heavy atom. The Labute approximate surface area is 381 Å². The number of carbonyl (C=O) groups is 7. The fourth-order valence-electron chi connectivity index (χ4n) is 8.62. The van der Waals surface area contributed by atoms with Gasteiger partial charge in [-0.3, -0.25) is 33.6 Å². The number of para-hydroxylation sites is 1. The van der Waals surface area contributed by atoms with E-state index in [0.717, 1.165) is 31.0 Å². The monoisotopic (exact) mass is 911 g/mol. The molecule has 1 saturated carbocycles. The number of furan rings is 1. The van der Waals surface area contributed by atoms with Gasteiger partial charge >= 0.3 is 5.97 Å². The normalized spacial score (nSPS) is 17.3. The largest absolute Gasteiger partial charge is 0.481 e. The van der Waals surface area contributed by atoms with E-state index in [0.29, 0.717) is 53.5 Å². The quantitative estimate of drug-likeness (QED) is 0.0531. The van der Waals surface area contributed by atoms with Gasteiger partial charge in [0.05, 0.1) is 5.75 Å². The fraction of sp³-hybridized carbons (Fsp3) is 0.447. The van der Waals surface area contributed by atoms with Gasteiger partial charge in [0.15, 0.2) is 18.2 Å². The molecule has 18 heteroatoms. The molecule has 346 valence electrons. The summed E-state index contributed by atoms with van der Waals surface area (Å²) in [5.74, 6) is -5.78. The molecule has 1 saturated heterocycles. The van der Waals surface area contributed by atoms with Gasteiger partial charge in [-0.1, -0.05) is 49.6 Å². The Hall–Kier alpha value is -6.43. The van der Waals surface area contributed by atoms with Gasteiger partial charge in [-0.2, -0.15) is 0 Å². The highest BCUT2D eigenvalue weighted by molar-refractivity contribution is 8.01. The number of fused-ring (bicyclic) bond motifs is 1. The number of aliphatic carboxylic acids is 1. The second kappa shape index (κ2) is 21.5. The van der Waals surface area contributed by atoms with Crippen molar-refractivity contribution >= 4 is 69.8 Å². The maximum atomic E-state index is 14.8. The molecule has 0 spiro atoms. The third-order valence-electron chi connectivity index (χ3n) is 12.1. The molecule has 4 aromatic rings. The molecule has 0 unspecified atom stereocenters. The van der Waals surface area contributed by atoms with Crippen LogP contribution in [0.15, 0.2) is 83.5 Å². The van der Waals surface area contributed by atoms with Crippen LogP contribution in [0.25, 0.3) is 11.0 Å². The second-order valence-electron chi connectivity index (χ2n) is 17.5. The van der Waals surface area contributed by atoms with E-state index < -0.39 is 76.4 Å². The highest BCUT2D eigenvalue weighted by Crippen LogP contribution is 2.32. The Morgan fingerprint density at radius 1 is 0.831 bits per heavy atom. The Kier molecular flexibility index (Phi) is 15.9. The van der Waals surface area contributed by atoms with Gasteiger partial charge in [-0.25, -0.2) is 4.57 Å². The number of primary amides is 1. The Morgan fingerprint density at radius 2 is 1.51 bits per heavy atom. The number of rotatable bonds is 19. The summed E-state index contributed by atoms with van der Waals surface area (Å²) in [6.45, 7) is 3.47. The summed E-state index contributed by atoms with van der Waals surface area (Å²) in [6.07, 6.45) is 8.25. The van der Waals surface area contributed by atoms with E-state index in [-0.39, 0.29) is 36.8 Å². The molecule has 2 fully saturated rings. The van der Waals surface area contributed by atoms with Crippen molar-refractivity contribution in [3.05, 3.63) is 96.0 Å². The molecule has 65 heavy (non-hydrogen) atoms. The predicted molar refractivity (Wildman–Crippen MR) is 244 cm³/mol. The van der Waals surface area contributed by atoms with E-state index in [1.807, 2.05) is 19.3 Å². The number of carboxylic acid groups (broad SMARTS) is 1. The number of amides is 6. The number of nitrogens with two attached hydrogens (primary N) is 2. The van der Waals surface area contributed by atoms with Gasteiger partial charge in [-0.05, 0) is 81.3 Å². The lowest BCUT2D eigenvalue weighted by molar-refractivity contribution is -0.671. The summed E-state index contributed by atoms with van der Waals surface area (Å²) in [6, 6.07) is 13.3. The molecule has 1 aliphatic carbocycles. The highest BCUT2D eigenvalue weighted by Gasteiger charge is 2.45. The second-order valence-corrected chi connectivity index (χ2v) is 19.1. The van der Waals surface area contributed by atoms with Crippen molar-refractivity contribution in [2.45, 2.75) is 107 Å². The molecule has 2 aliphatic rings. The van der Waals surface area contributed by atoms with Crippen LogP contribution in [0, 0.1) is 5.92 Å². The Balaban J connectivity index is 1.30. The average molecular weight is 912 g/mol. The standard InChI is InChI=1S/C47H58N8O9S/c1-47(2,65-27-38(56)57)40(46(63)55-22-10-15-35(55)41(49)58)53-43(60)34(24-29-11-9-21-54(3)26-29)51-45(62)39(30-12-5-4-6-13-30)52-42(59)33(23-28-17-19-32(48)20-18-28)50-44(61)37-25-31-14-7-8-16-36(31)64-37/h7-9,11,14,16-21,25-26,30,33-35,39-40H,4-6,10,12-13,15,22-24,27,48H2,1-3H3,(H6-,49,50,51,52,53,56,57,58,59,60,61,62)/p+1/t33-,34-,35-,39-,40+/m0/s1. The minimum absolute atomic E-state index is 0.00208. The van der Waals surface area contributed by atoms with E-state index in [1.54, 1.807) is 85.3 Å². The first-order valence-electron chi connectivity index (χ1n) is 21.9. The minimum Gasteiger partial charge on any atom is -0.481 e. The first-order chi connectivity index (χ1) is 31.0. The van der Waals surface area contributed by atoms with Crippen LogP contribution in [-0.4, -0.2) is 98.7 Å². The van der Waals surface area contributed by atoms with Crippen molar-refractivity contribution in [3.8, 4) is 0 Å². The maximum absolute atomic E-state index is 14.8. The molecular weight excluding hydrogens is 853 g/mol. The Bertz CT molecular complexity index is 2350. The molecule has 2 aromatic carbocycles. The van der Waals surface area contributed by atoms with E-state index in [1.165, 1.54) is 4.90 Å². The van der Waals surface area contributed by atoms with Crippen molar-refractivity contribution in [2.75, 3.05) is 18.0 Å². The van der Waals surface area contributed by atoms with Gasteiger partial charge < -0.3 is 47.2 Å². The summed E-state index contributed by atoms with van der Waals surface area (Å²) in [4.78, 5) is 97.6. The van der Waals surface area contributed by atoms with Gasteiger partial charge in [0.1, 0.15) is 42.8 Å². The molecule has 0 radical (unpaired) electrons. The van der Waals surface area contributed by atoms with Crippen LogP contribution in [0.5, 0.6) is 0 Å². The summed E-state index contributed by atoms with van der Waals surface area (Å²) in [5.41, 5.74) is 14.0. The summed E-state index contributed by atoms with van der Waals surface area (Å²) >= 11 is 0.945. The van der Waals surface area contributed by atoms with E-state index in [4.69, 9.17) is 15.9 Å². The first-order valence-corrected chi connectivity index (χ1v) is 22.9. The van der Waals surface area contributed by atoms with Crippen molar-refractivity contribution < 1.29 is 47.7 Å². The van der Waals surface area contributed by atoms with Crippen LogP contribution >= 0.6 is 11.8 Å². The number of aryl methyl sites for hydroxylation is 1. The van der Waals surface area contributed by atoms with Crippen LogP contribution in [0.2, 0.25) is 0 Å². The summed E-state index contributed by atoms with van der Waals surface area (Å²) in [7, 11) is 1.81. The molecule has 2 aromatic heterocycles. The van der Waals surface area contributed by atoms with Crippen LogP contribution in [-0.2, 0) is 48.7 Å². The number of nitrogens with one attached hydrogen (secondary N) is 4. The zero-order valence-corrected chi connectivity index (χ0v) is 37.7. The number of pyridine rings is 1. The molecule has 17 nitrogen and oxygen atoms in total. The molecule has 1 aliphatic heterocycles. The van der Waals surface area contributed by atoms with Gasteiger partial charge in [0, 0.05) is 46.8 Å². The SMILES string of the molecule is C[n+]1cccc(C[C@H](NC(=O)[C@@H](NC(=O)[C@H](Cc2ccc(N)cc2)NC(=O)c2cc3ccccc3o2)C2CCCCC2)C(=O)N[C@H](C(=O)N2CCC[C@H]2C(N)=O)C(C)(C)SCC(=O)O)c1. The lowest BCUT2D eigenvalue weighted by Crippen LogP contribution is -2.63.